The Morgan fingerprint density at radius 2 is 1.87 bits per heavy atom. The van der Waals surface area contributed by atoms with Gasteiger partial charge in [-0.15, -0.1) is 11.6 Å². The lowest BCUT2D eigenvalue weighted by atomic mass is 10.0. The minimum Gasteiger partial charge on any atom is -0.373 e. The largest absolute Gasteiger partial charge is 0.373 e. The van der Waals surface area contributed by atoms with Gasteiger partial charge in [-0.2, -0.15) is 0 Å². The second-order valence-electron chi connectivity index (χ2n) is 4.30. The molecule has 1 aromatic rings. The first-order valence-electron chi connectivity index (χ1n) is 5.55. The number of hydrogen-bond donors (Lipinski definition) is 0. The van der Waals surface area contributed by atoms with Gasteiger partial charge < -0.3 is 4.74 Å². The standard InChI is InChI=1S/C13H17ClO/c1-10-2-4-11(5-3-10)8-12-6-7-13(9-14)15-12/h2-5,12-13H,6-9H2,1H3/t12-,13+/m0/s1. The Bertz CT molecular complexity index is 307. The molecule has 1 aromatic carbocycles. The molecule has 0 aromatic heterocycles. The predicted octanol–water partition coefficient (Wildman–Crippen LogP) is 3.32. The molecule has 0 spiro atoms. The molecule has 1 aliphatic rings. The number of rotatable bonds is 3. The fraction of sp³-hybridized carbons (Fsp3) is 0.538. The average molecular weight is 225 g/mol. The van der Waals surface area contributed by atoms with Crippen LogP contribution in [0.15, 0.2) is 24.3 Å². The van der Waals surface area contributed by atoms with Crippen molar-refractivity contribution in [3.63, 3.8) is 0 Å². The fourth-order valence-electron chi connectivity index (χ4n) is 2.03. The fourth-order valence-corrected chi connectivity index (χ4v) is 2.26. The van der Waals surface area contributed by atoms with E-state index in [0.29, 0.717) is 12.0 Å². The minimum absolute atomic E-state index is 0.280. The SMILES string of the molecule is Cc1ccc(C[C@@H]2CC[C@H](CCl)O2)cc1. The van der Waals surface area contributed by atoms with E-state index < -0.39 is 0 Å². The lowest BCUT2D eigenvalue weighted by Gasteiger charge is -2.11. The highest BCUT2D eigenvalue weighted by atomic mass is 35.5. The van der Waals surface area contributed by atoms with Gasteiger partial charge in [-0.3, -0.25) is 0 Å². The second kappa shape index (κ2) is 5.00. The van der Waals surface area contributed by atoms with Gasteiger partial charge in [0.15, 0.2) is 0 Å². The Hall–Kier alpha value is -0.530. The maximum absolute atomic E-state index is 5.81. The van der Waals surface area contributed by atoms with E-state index in [1.54, 1.807) is 0 Å². The van der Waals surface area contributed by atoms with Gasteiger partial charge in [-0.05, 0) is 31.7 Å². The van der Waals surface area contributed by atoms with Crippen LogP contribution in [0, 0.1) is 6.92 Å². The first-order chi connectivity index (χ1) is 7.28. The summed E-state index contributed by atoms with van der Waals surface area (Å²) in [5.74, 6) is 0.629. The Balaban J connectivity index is 1.90. The van der Waals surface area contributed by atoms with Crippen LogP contribution in [-0.2, 0) is 11.2 Å². The molecule has 0 radical (unpaired) electrons. The van der Waals surface area contributed by atoms with E-state index in [4.69, 9.17) is 16.3 Å². The van der Waals surface area contributed by atoms with Crippen molar-refractivity contribution >= 4 is 11.6 Å². The molecule has 0 unspecified atom stereocenters. The molecule has 15 heavy (non-hydrogen) atoms. The third kappa shape index (κ3) is 2.96. The van der Waals surface area contributed by atoms with Gasteiger partial charge in [-0.1, -0.05) is 29.8 Å². The molecule has 0 aliphatic carbocycles. The van der Waals surface area contributed by atoms with Crippen molar-refractivity contribution in [2.45, 2.75) is 38.4 Å². The molecule has 2 atom stereocenters. The number of alkyl halides is 1. The van der Waals surface area contributed by atoms with Crippen LogP contribution in [0.4, 0.5) is 0 Å². The molecular weight excluding hydrogens is 208 g/mol. The van der Waals surface area contributed by atoms with Gasteiger partial charge in [-0.25, -0.2) is 0 Å². The first kappa shape index (κ1) is 11.0. The van der Waals surface area contributed by atoms with Crippen LogP contribution < -0.4 is 0 Å². The Labute approximate surface area is 96.4 Å². The van der Waals surface area contributed by atoms with Crippen molar-refractivity contribution in [3.8, 4) is 0 Å². The van der Waals surface area contributed by atoms with E-state index in [9.17, 15) is 0 Å². The van der Waals surface area contributed by atoms with E-state index in [0.717, 1.165) is 19.3 Å². The number of ether oxygens (including phenoxy) is 1. The molecule has 0 amide bonds. The summed E-state index contributed by atoms with van der Waals surface area (Å²) in [4.78, 5) is 0. The number of halogens is 1. The van der Waals surface area contributed by atoms with Gasteiger partial charge in [0.2, 0.25) is 0 Å². The average Bonchev–Trinajstić information content (AvgIpc) is 2.69. The molecule has 1 aliphatic heterocycles. The Morgan fingerprint density at radius 3 is 2.47 bits per heavy atom. The third-order valence-electron chi connectivity index (χ3n) is 2.95. The molecular formula is C13H17ClO. The molecule has 2 rings (SSSR count). The number of hydrogen-bond acceptors (Lipinski definition) is 1. The summed E-state index contributed by atoms with van der Waals surface area (Å²) in [6.07, 6.45) is 3.93. The summed E-state index contributed by atoms with van der Waals surface area (Å²) in [6, 6.07) is 8.69. The van der Waals surface area contributed by atoms with E-state index in [-0.39, 0.29) is 6.10 Å². The molecule has 1 nitrogen and oxygen atoms in total. The maximum atomic E-state index is 5.81. The van der Waals surface area contributed by atoms with Crippen molar-refractivity contribution < 1.29 is 4.74 Å². The van der Waals surface area contributed by atoms with E-state index >= 15 is 0 Å². The molecule has 1 saturated heterocycles. The van der Waals surface area contributed by atoms with Gasteiger partial charge >= 0.3 is 0 Å². The molecule has 82 valence electrons. The van der Waals surface area contributed by atoms with Crippen LogP contribution in [0.25, 0.3) is 0 Å². The van der Waals surface area contributed by atoms with E-state index in [2.05, 4.69) is 31.2 Å². The Morgan fingerprint density at radius 1 is 1.20 bits per heavy atom. The highest BCUT2D eigenvalue weighted by Crippen LogP contribution is 2.23. The zero-order valence-corrected chi connectivity index (χ0v) is 9.83. The molecule has 0 N–H and O–H groups in total. The van der Waals surface area contributed by atoms with Crippen LogP contribution in [-0.4, -0.2) is 18.1 Å². The van der Waals surface area contributed by atoms with Gasteiger partial charge in [0, 0.05) is 5.88 Å². The Kier molecular flexibility index (Phi) is 3.66. The topological polar surface area (TPSA) is 9.23 Å². The smallest absolute Gasteiger partial charge is 0.0715 e. The van der Waals surface area contributed by atoms with Crippen LogP contribution in [0.2, 0.25) is 0 Å². The quantitative estimate of drug-likeness (QED) is 0.716. The second-order valence-corrected chi connectivity index (χ2v) is 4.61. The van der Waals surface area contributed by atoms with Crippen molar-refractivity contribution in [2.24, 2.45) is 0 Å². The van der Waals surface area contributed by atoms with Crippen LogP contribution in [0.1, 0.15) is 24.0 Å². The zero-order valence-electron chi connectivity index (χ0n) is 9.08. The summed E-state index contributed by atoms with van der Waals surface area (Å²) >= 11 is 5.77. The van der Waals surface area contributed by atoms with Crippen LogP contribution in [0.5, 0.6) is 0 Å². The first-order valence-corrected chi connectivity index (χ1v) is 6.08. The molecule has 1 fully saturated rings. The molecule has 2 heteroatoms. The van der Waals surface area contributed by atoms with Crippen LogP contribution in [0.3, 0.4) is 0 Å². The van der Waals surface area contributed by atoms with Gasteiger partial charge in [0.1, 0.15) is 0 Å². The van der Waals surface area contributed by atoms with Crippen LogP contribution >= 0.6 is 11.6 Å². The normalized spacial score (nSPS) is 25.7. The number of aryl methyl sites for hydroxylation is 1. The van der Waals surface area contributed by atoms with Crippen molar-refractivity contribution in [1.29, 1.82) is 0 Å². The predicted molar refractivity (Wildman–Crippen MR) is 63.5 cm³/mol. The van der Waals surface area contributed by atoms with E-state index in [1.807, 2.05) is 0 Å². The third-order valence-corrected chi connectivity index (χ3v) is 3.30. The lowest BCUT2D eigenvalue weighted by molar-refractivity contribution is 0.0582. The lowest BCUT2D eigenvalue weighted by Crippen LogP contribution is -2.14. The summed E-state index contributed by atoms with van der Waals surface area (Å²) in [5, 5.41) is 0. The van der Waals surface area contributed by atoms with E-state index in [1.165, 1.54) is 11.1 Å². The highest BCUT2D eigenvalue weighted by Gasteiger charge is 2.24. The van der Waals surface area contributed by atoms with Gasteiger partial charge in [0.05, 0.1) is 12.2 Å². The highest BCUT2D eigenvalue weighted by molar-refractivity contribution is 6.18. The molecule has 0 saturated carbocycles. The minimum atomic E-state index is 0.280. The van der Waals surface area contributed by atoms with Crippen molar-refractivity contribution in [3.05, 3.63) is 35.4 Å². The van der Waals surface area contributed by atoms with Crippen molar-refractivity contribution in [2.75, 3.05) is 5.88 Å². The summed E-state index contributed by atoms with van der Waals surface area (Å²) in [5.41, 5.74) is 2.67. The van der Waals surface area contributed by atoms with Gasteiger partial charge in [0.25, 0.3) is 0 Å². The maximum Gasteiger partial charge on any atom is 0.0715 e. The molecule has 0 bridgehead atoms. The number of benzene rings is 1. The summed E-state index contributed by atoms with van der Waals surface area (Å²) in [6.45, 7) is 2.11. The van der Waals surface area contributed by atoms with Crippen molar-refractivity contribution in [1.82, 2.24) is 0 Å². The zero-order chi connectivity index (χ0) is 10.7. The summed E-state index contributed by atoms with van der Waals surface area (Å²) < 4.78 is 5.81. The monoisotopic (exact) mass is 224 g/mol. The molecule has 1 heterocycles. The summed E-state index contributed by atoms with van der Waals surface area (Å²) in [7, 11) is 0.